The molecule has 3 rings (SSSR count). The minimum Gasteiger partial charge on any atom is -0.404 e. The molecule has 1 aliphatic rings. The van der Waals surface area contributed by atoms with Gasteiger partial charge >= 0.3 is 0 Å². The molecule has 0 heterocycles. The van der Waals surface area contributed by atoms with Crippen molar-refractivity contribution < 1.29 is 9.22 Å². The lowest BCUT2D eigenvalue weighted by Crippen LogP contribution is -2.68. The Balaban J connectivity index is 2.01. The Bertz CT molecular complexity index is 789. The van der Waals surface area contributed by atoms with Gasteiger partial charge in [-0.2, -0.15) is 0 Å². The average molecular weight is 407 g/mol. The smallest absolute Gasteiger partial charge is 0.261 e. The van der Waals surface area contributed by atoms with Gasteiger partial charge in [-0.1, -0.05) is 87.5 Å². The van der Waals surface area contributed by atoms with Crippen LogP contribution in [0, 0.1) is 5.41 Å². The Morgan fingerprint density at radius 2 is 1.45 bits per heavy atom. The molecule has 1 saturated carbocycles. The fourth-order valence-corrected chi connectivity index (χ4v) is 9.62. The summed E-state index contributed by atoms with van der Waals surface area (Å²) in [4.78, 5) is 12.2. The van der Waals surface area contributed by atoms with Crippen LogP contribution in [0.25, 0.3) is 0 Å². The maximum Gasteiger partial charge on any atom is 0.261 e. The summed E-state index contributed by atoms with van der Waals surface area (Å²) in [6.07, 6.45) is 5.48. The van der Waals surface area contributed by atoms with Gasteiger partial charge in [0.2, 0.25) is 0 Å². The van der Waals surface area contributed by atoms with Gasteiger partial charge in [0, 0.05) is 11.5 Å². The van der Waals surface area contributed by atoms with E-state index >= 15 is 0 Å². The molecule has 0 saturated heterocycles. The maximum atomic E-state index is 12.2. The highest BCUT2D eigenvalue weighted by atomic mass is 28.4. The molecule has 2 nitrogen and oxygen atoms in total. The summed E-state index contributed by atoms with van der Waals surface area (Å²) in [7, 11) is -2.53. The largest absolute Gasteiger partial charge is 0.404 e. The molecule has 0 aliphatic heterocycles. The van der Waals surface area contributed by atoms with Crippen LogP contribution in [-0.4, -0.2) is 20.2 Å². The zero-order valence-electron chi connectivity index (χ0n) is 18.3. The van der Waals surface area contributed by atoms with E-state index in [1.165, 1.54) is 10.4 Å². The van der Waals surface area contributed by atoms with E-state index in [4.69, 9.17) is 4.43 Å². The molecule has 0 N–H and O–H groups in total. The number of carbonyl (C=O) groups excluding carboxylic acids is 1. The second-order valence-electron chi connectivity index (χ2n) is 9.40. The van der Waals surface area contributed by atoms with Crippen molar-refractivity contribution in [1.29, 1.82) is 0 Å². The van der Waals surface area contributed by atoms with Crippen molar-refractivity contribution in [2.45, 2.75) is 64.5 Å². The molecule has 0 aromatic heterocycles. The van der Waals surface area contributed by atoms with Crippen LogP contribution in [0.4, 0.5) is 0 Å². The zero-order valence-corrected chi connectivity index (χ0v) is 19.3. The van der Waals surface area contributed by atoms with E-state index in [-0.39, 0.29) is 22.3 Å². The van der Waals surface area contributed by atoms with Gasteiger partial charge in [-0.3, -0.25) is 4.79 Å². The van der Waals surface area contributed by atoms with Gasteiger partial charge in [-0.25, -0.2) is 0 Å². The van der Waals surface area contributed by atoms with Crippen molar-refractivity contribution in [3.63, 3.8) is 0 Å². The molecular formula is C26H34O2Si. The van der Waals surface area contributed by atoms with Crippen molar-refractivity contribution in [1.82, 2.24) is 0 Å². The average Bonchev–Trinajstić information content (AvgIpc) is 2.72. The van der Waals surface area contributed by atoms with Crippen LogP contribution in [0.5, 0.6) is 0 Å². The van der Waals surface area contributed by atoms with E-state index in [0.29, 0.717) is 0 Å². The Labute approximate surface area is 177 Å². The van der Waals surface area contributed by atoms with Gasteiger partial charge in [0.25, 0.3) is 8.32 Å². The molecule has 154 valence electrons. The highest BCUT2D eigenvalue weighted by molar-refractivity contribution is 6.99. The monoisotopic (exact) mass is 406 g/mol. The summed E-state index contributed by atoms with van der Waals surface area (Å²) in [5.41, 5.74) is -0.370. The Hall–Kier alpha value is -1.97. The normalized spacial score (nSPS) is 22.8. The van der Waals surface area contributed by atoms with Crippen molar-refractivity contribution in [2.24, 2.45) is 5.41 Å². The van der Waals surface area contributed by atoms with Crippen LogP contribution >= 0.6 is 0 Å². The first-order valence-electron chi connectivity index (χ1n) is 10.7. The Morgan fingerprint density at radius 1 is 1.00 bits per heavy atom. The van der Waals surface area contributed by atoms with Gasteiger partial charge in [0.1, 0.15) is 5.78 Å². The Morgan fingerprint density at radius 3 is 1.79 bits per heavy atom. The van der Waals surface area contributed by atoms with Crippen molar-refractivity contribution >= 4 is 24.5 Å². The minimum atomic E-state index is -2.53. The fraction of sp³-hybridized carbons (Fsp3) is 0.423. The van der Waals surface area contributed by atoms with E-state index in [9.17, 15) is 4.79 Å². The number of carbonyl (C=O) groups is 1. The lowest BCUT2D eigenvalue weighted by molar-refractivity contribution is -0.126. The number of ketones is 1. The van der Waals surface area contributed by atoms with E-state index in [2.05, 4.69) is 88.0 Å². The third kappa shape index (κ3) is 4.03. The first kappa shape index (κ1) is 21.7. The number of hydrogen-bond acceptors (Lipinski definition) is 2. The van der Waals surface area contributed by atoms with Crippen LogP contribution in [-0.2, 0) is 9.22 Å². The molecule has 2 aromatic rings. The molecule has 3 heteroatoms. The molecule has 2 aromatic carbocycles. The van der Waals surface area contributed by atoms with E-state index in [1.54, 1.807) is 6.92 Å². The third-order valence-electron chi connectivity index (χ3n) is 6.68. The predicted molar refractivity (Wildman–Crippen MR) is 124 cm³/mol. The fourth-order valence-electron chi connectivity index (χ4n) is 4.87. The molecule has 0 atom stereocenters. The maximum absolute atomic E-state index is 12.2. The van der Waals surface area contributed by atoms with Gasteiger partial charge < -0.3 is 4.43 Å². The van der Waals surface area contributed by atoms with Crippen molar-refractivity contribution in [3.05, 3.63) is 73.3 Å². The first-order valence-corrected chi connectivity index (χ1v) is 12.6. The van der Waals surface area contributed by atoms with Crippen LogP contribution in [0.15, 0.2) is 73.3 Å². The van der Waals surface area contributed by atoms with Crippen LogP contribution in [0.1, 0.15) is 53.4 Å². The third-order valence-corrected chi connectivity index (χ3v) is 11.8. The summed E-state index contributed by atoms with van der Waals surface area (Å²) in [5, 5.41) is 2.60. The number of allylic oxidation sites excluding steroid dienone is 1. The van der Waals surface area contributed by atoms with Gasteiger partial charge in [-0.05, 0) is 48.0 Å². The topological polar surface area (TPSA) is 26.3 Å². The van der Waals surface area contributed by atoms with Crippen LogP contribution < -0.4 is 10.4 Å². The minimum absolute atomic E-state index is 0.0245. The lowest BCUT2D eigenvalue weighted by atomic mass is 9.71. The van der Waals surface area contributed by atoms with Gasteiger partial charge in [0.05, 0.1) is 0 Å². The highest BCUT2D eigenvalue weighted by Crippen LogP contribution is 2.43. The molecule has 0 amide bonds. The summed E-state index contributed by atoms with van der Waals surface area (Å²) < 4.78 is 7.23. The summed E-state index contributed by atoms with van der Waals surface area (Å²) in [6.45, 7) is 12.6. The lowest BCUT2D eigenvalue weighted by Gasteiger charge is -2.47. The van der Waals surface area contributed by atoms with Gasteiger partial charge in [0.15, 0.2) is 0 Å². The van der Waals surface area contributed by atoms with Gasteiger partial charge in [-0.15, -0.1) is 6.58 Å². The van der Waals surface area contributed by atoms with E-state index in [1.807, 2.05) is 6.08 Å². The molecule has 0 spiro atoms. The Kier molecular flexibility index (Phi) is 6.30. The predicted octanol–water partition coefficient (Wildman–Crippen LogP) is 5.27. The number of rotatable bonds is 6. The molecule has 1 aliphatic carbocycles. The quantitative estimate of drug-likeness (QED) is 0.483. The summed E-state index contributed by atoms with van der Waals surface area (Å²) in [6, 6.07) is 21.6. The zero-order chi connectivity index (χ0) is 21.1. The number of hydrogen-bond donors (Lipinski definition) is 0. The molecule has 0 radical (unpaired) electrons. The molecule has 1 fully saturated rings. The van der Waals surface area contributed by atoms with Crippen LogP contribution in [0.3, 0.4) is 0 Å². The van der Waals surface area contributed by atoms with Crippen LogP contribution in [0.2, 0.25) is 5.04 Å². The summed E-state index contributed by atoms with van der Waals surface area (Å²) >= 11 is 0. The summed E-state index contributed by atoms with van der Waals surface area (Å²) in [5.74, 6) is 0.233. The van der Waals surface area contributed by atoms with E-state index in [0.717, 1.165) is 25.7 Å². The molecule has 29 heavy (non-hydrogen) atoms. The standard InChI is InChI=1S/C26H34O2Si/c1-6-26(21(2)27)19-17-22(18-20-26)28-29(25(3,4)5,23-13-9-7-10-14-23)24-15-11-8-12-16-24/h6-16,22H,1,17-20H2,2-5H3. The molecule has 0 unspecified atom stereocenters. The second-order valence-corrected chi connectivity index (χ2v) is 13.6. The molecule has 0 bridgehead atoms. The second kappa shape index (κ2) is 8.41. The van der Waals surface area contributed by atoms with Crippen molar-refractivity contribution in [3.8, 4) is 0 Å². The first-order chi connectivity index (χ1) is 13.7. The van der Waals surface area contributed by atoms with E-state index < -0.39 is 8.32 Å². The molecular weight excluding hydrogens is 372 g/mol. The number of Topliss-reactive ketones (excluding diaryl/α,β-unsaturated/α-hetero) is 1. The SMILES string of the molecule is C=CC1(C(C)=O)CCC(O[Si](c2ccccc2)(c2ccccc2)C(C)(C)C)CC1. The number of benzene rings is 2. The highest BCUT2D eigenvalue weighted by Gasteiger charge is 2.52. The van der Waals surface area contributed by atoms with Crippen molar-refractivity contribution in [2.75, 3.05) is 0 Å².